The van der Waals surface area contributed by atoms with Crippen LogP contribution in [0.25, 0.3) is 0 Å². The van der Waals surface area contributed by atoms with Crippen molar-refractivity contribution in [1.29, 1.82) is 0 Å². The summed E-state index contributed by atoms with van der Waals surface area (Å²) < 4.78 is 0. The van der Waals surface area contributed by atoms with E-state index in [2.05, 4.69) is 105 Å². The number of aryl methyl sites for hydroxylation is 2. The Morgan fingerprint density at radius 3 is 1.81 bits per heavy atom. The zero-order valence-corrected chi connectivity index (χ0v) is 21.5. The van der Waals surface area contributed by atoms with Crippen molar-refractivity contribution in [2.24, 2.45) is 0 Å². The largest absolute Gasteiger partial charge is 4.00 e. The molecule has 1 aliphatic carbocycles. The van der Waals surface area contributed by atoms with Gasteiger partial charge in [0, 0.05) is 5.92 Å². The molecule has 0 heterocycles. The summed E-state index contributed by atoms with van der Waals surface area (Å²) in [5, 5.41) is 0. The molecule has 0 atom stereocenters. The van der Waals surface area contributed by atoms with Gasteiger partial charge in [-0.3, -0.25) is 0 Å². The van der Waals surface area contributed by atoms with Crippen LogP contribution in [0.5, 0.6) is 0 Å². The second-order valence-electron chi connectivity index (χ2n) is 7.51. The van der Waals surface area contributed by atoms with E-state index in [0.29, 0.717) is 0 Å². The standard InChI is InChI=1S/C27H25.3ClH.Ti/c1-20-8-6-12-24(16-20)27(25-13-7-9-21(2)17-25)26-15-14-23(19-26)18-22-10-4-3-5-11-22;;;;/h3-14,16-17,27H,15,18H2,1-2H3;3*1H;/q-1;;;;+4/p-3. The number of rotatable bonds is 5. The Kier molecular flexibility index (Phi) is 13.4. The van der Waals surface area contributed by atoms with Gasteiger partial charge in [-0.05, 0) is 37.0 Å². The Bertz CT molecular complexity index is 964. The van der Waals surface area contributed by atoms with Gasteiger partial charge in [0.25, 0.3) is 0 Å². The van der Waals surface area contributed by atoms with Crippen molar-refractivity contribution in [1.82, 2.24) is 0 Å². The molecule has 0 aliphatic heterocycles. The second kappa shape index (κ2) is 14.0. The van der Waals surface area contributed by atoms with Crippen molar-refractivity contribution < 1.29 is 58.9 Å². The first-order valence-corrected chi connectivity index (χ1v) is 9.68. The molecule has 0 aromatic heterocycles. The smallest absolute Gasteiger partial charge is 1.00 e. The van der Waals surface area contributed by atoms with Crippen LogP contribution in [0.1, 0.15) is 40.2 Å². The van der Waals surface area contributed by atoms with Crippen molar-refractivity contribution in [2.75, 3.05) is 0 Å². The maximum Gasteiger partial charge on any atom is 4.00 e. The third-order valence-corrected chi connectivity index (χ3v) is 5.23. The van der Waals surface area contributed by atoms with Crippen molar-refractivity contribution in [3.8, 4) is 0 Å². The fourth-order valence-corrected chi connectivity index (χ4v) is 3.96. The molecule has 4 heteroatoms. The molecule has 0 unspecified atom stereocenters. The zero-order valence-electron chi connectivity index (χ0n) is 17.7. The Morgan fingerprint density at radius 2 is 1.29 bits per heavy atom. The Hall–Kier alpha value is -1.28. The predicted molar refractivity (Wildman–Crippen MR) is 114 cm³/mol. The molecule has 0 nitrogen and oxygen atoms in total. The third-order valence-electron chi connectivity index (χ3n) is 5.23. The molecule has 0 saturated carbocycles. The molecule has 31 heavy (non-hydrogen) atoms. The predicted octanol–water partition coefficient (Wildman–Crippen LogP) is -2.25. The average Bonchev–Trinajstić information content (AvgIpc) is 3.11. The summed E-state index contributed by atoms with van der Waals surface area (Å²) in [5.74, 6) is 0.273. The molecule has 3 aromatic carbocycles. The minimum absolute atomic E-state index is 0. The van der Waals surface area contributed by atoms with Crippen LogP contribution in [0.4, 0.5) is 0 Å². The minimum Gasteiger partial charge on any atom is -1.00 e. The molecular weight excluding hydrogens is 479 g/mol. The average molecular weight is 504 g/mol. The number of halogens is 3. The molecule has 0 bridgehead atoms. The summed E-state index contributed by atoms with van der Waals surface area (Å²) in [7, 11) is 0. The van der Waals surface area contributed by atoms with Crippen LogP contribution >= 0.6 is 0 Å². The molecule has 0 saturated heterocycles. The van der Waals surface area contributed by atoms with Gasteiger partial charge in [0.15, 0.2) is 0 Å². The summed E-state index contributed by atoms with van der Waals surface area (Å²) >= 11 is 0. The quantitative estimate of drug-likeness (QED) is 0.273. The van der Waals surface area contributed by atoms with Crippen LogP contribution in [-0.4, -0.2) is 0 Å². The summed E-state index contributed by atoms with van der Waals surface area (Å²) in [6.45, 7) is 4.34. The van der Waals surface area contributed by atoms with Gasteiger partial charge in [0.05, 0.1) is 0 Å². The maximum atomic E-state index is 3.75. The molecule has 1 aliphatic rings. The monoisotopic (exact) mass is 502 g/mol. The van der Waals surface area contributed by atoms with Crippen LogP contribution in [0.3, 0.4) is 0 Å². The number of hydrogen-bond acceptors (Lipinski definition) is 0. The molecule has 158 valence electrons. The first kappa shape index (κ1) is 29.7. The first-order valence-electron chi connectivity index (χ1n) is 9.68. The van der Waals surface area contributed by atoms with Crippen molar-refractivity contribution in [2.45, 2.75) is 32.6 Å². The van der Waals surface area contributed by atoms with Gasteiger partial charge >= 0.3 is 21.7 Å². The van der Waals surface area contributed by atoms with E-state index in [0.717, 1.165) is 12.8 Å². The maximum absolute atomic E-state index is 3.75. The van der Waals surface area contributed by atoms with Crippen LogP contribution in [-0.2, 0) is 28.1 Å². The van der Waals surface area contributed by atoms with Gasteiger partial charge in [0.1, 0.15) is 0 Å². The molecule has 0 fully saturated rings. The minimum atomic E-state index is 0. The van der Waals surface area contributed by atoms with Crippen LogP contribution in [0.2, 0.25) is 0 Å². The van der Waals surface area contributed by atoms with Crippen LogP contribution in [0, 0.1) is 19.9 Å². The van der Waals surface area contributed by atoms with Crippen LogP contribution in [0.15, 0.2) is 96.1 Å². The molecule has 0 spiro atoms. The van der Waals surface area contributed by atoms with Gasteiger partial charge in [0.2, 0.25) is 0 Å². The SMILES string of the molecule is Cc1cccc(C(C2=[C-]C(Cc3ccccc3)=CC2)c2cccc(C)c2)c1.[Cl-].[Cl-].[Cl-].[Ti+4]. The molecular formula is C27H25Cl3Ti. The summed E-state index contributed by atoms with van der Waals surface area (Å²) in [5.41, 5.74) is 9.36. The van der Waals surface area contributed by atoms with Gasteiger partial charge in [-0.15, -0.1) is 0 Å². The van der Waals surface area contributed by atoms with Crippen molar-refractivity contribution >= 4 is 0 Å². The Morgan fingerprint density at radius 1 is 0.742 bits per heavy atom. The fraction of sp³-hybridized carbons (Fsp3) is 0.185. The molecule has 0 N–H and O–H groups in total. The number of allylic oxidation sites excluding steroid dienone is 4. The van der Waals surface area contributed by atoms with Crippen molar-refractivity contribution in [3.05, 3.63) is 130 Å². The van der Waals surface area contributed by atoms with E-state index in [1.54, 1.807) is 0 Å². The third kappa shape index (κ3) is 7.67. The van der Waals surface area contributed by atoms with Gasteiger partial charge in [-0.2, -0.15) is 5.57 Å². The topological polar surface area (TPSA) is 0 Å². The number of hydrogen-bond donors (Lipinski definition) is 0. The summed E-state index contributed by atoms with van der Waals surface area (Å²) in [4.78, 5) is 0. The molecule has 0 radical (unpaired) electrons. The van der Waals surface area contributed by atoms with Gasteiger partial charge < -0.3 is 37.2 Å². The summed E-state index contributed by atoms with van der Waals surface area (Å²) in [6, 6.07) is 28.5. The molecule has 3 aromatic rings. The Labute approximate surface area is 220 Å². The second-order valence-corrected chi connectivity index (χ2v) is 7.51. The zero-order chi connectivity index (χ0) is 18.6. The van der Waals surface area contributed by atoms with Gasteiger partial charge in [-0.1, -0.05) is 96.4 Å². The normalized spacial score (nSPS) is 11.8. The fourth-order valence-electron chi connectivity index (χ4n) is 3.96. The molecule has 0 amide bonds. The van der Waals surface area contributed by atoms with E-state index in [1.807, 2.05) is 0 Å². The van der Waals surface area contributed by atoms with E-state index in [-0.39, 0.29) is 64.9 Å². The van der Waals surface area contributed by atoms with E-state index in [9.17, 15) is 0 Å². The number of benzene rings is 3. The summed E-state index contributed by atoms with van der Waals surface area (Å²) in [6.07, 6.45) is 8.04. The van der Waals surface area contributed by atoms with E-state index < -0.39 is 0 Å². The van der Waals surface area contributed by atoms with E-state index in [4.69, 9.17) is 0 Å². The van der Waals surface area contributed by atoms with Crippen molar-refractivity contribution in [3.63, 3.8) is 0 Å². The molecule has 4 rings (SSSR count). The first-order chi connectivity index (χ1) is 13.2. The van der Waals surface area contributed by atoms with Crippen LogP contribution < -0.4 is 37.2 Å². The Balaban J connectivity index is 0.00000225. The van der Waals surface area contributed by atoms with Gasteiger partial charge in [-0.25, -0.2) is 17.7 Å². The van der Waals surface area contributed by atoms with E-state index in [1.165, 1.54) is 39.0 Å². The van der Waals surface area contributed by atoms with E-state index >= 15 is 0 Å².